The number of hydrogen-bond acceptors (Lipinski definition) is 7. The highest BCUT2D eigenvalue weighted by Gasteiger charge is 2.19. The van der Waals surface area contributed by atoms with Crippen molar-refractivity contribution in [2.24, 2.45) is 0 Å². The summed E-state index contributed by atoms with van der Waals surface area (Å²) in [6, 6.07) is 13.3. The van der Waals surface area contributed by atoms with E-state index in [2.05, 4.69) is 37.4 Å². The SMILES string of the molecule is COc1ccc(N2CCN(c3cc(C(=O)Nc4cc(C)on4)ccn3)CC2)cc1. The molecule has 0 aliphatic carbocycles. The van der Waals surface area contributed by atoms with Crippen molar-refractivity contribution in [1.29, 1.82) is 0 Å². The summed E-state index contributed by atoms with van der Waals surface area (Å²) in [7, 11) is 1.67. The van der Waals surface area contributed by atoms with E-state index in [-0.39, 0.29) is 5.91 Å². The van der Waals surface area contributed by atoms with Gasteiger partial charge in [0.25, 0.3) is 5.91 Å². The van der Waals surface area contributed by atoms with Crippen LogP contribution in [0.3, 0.4) is 0 Å². The van der Waals surface area contributed by atoms with E-state index >= 15 is 0 Å². The third-order valence-electron chi connectivity index (χ3n) is 4.92. The highest BCUT2D eigenvalue weighted by atomic mass is 16.5. The first-order valence-corrected chi connectivity index (χ1v) is 9.47. The first kappa shape index (κ1) is 18.8. The molecule has 8 nitrogen and oxygen atoms in total. The van der Waals surface area contributed by atoms with E-state index in [1.807, 2.05) is 18.2 Å². The molecule has 0 unspecified atom stereocenters. The van der Waals surface area contributed by atoms with Gasteiger partial charge >= 0.3 is 0 Å². The average Bonchev–Trinajstić information content (AvgIpc) is 3.18. The molecule has 1 aliphatic heterocycles. The van der Waals surface area contributed by atoms with E-state index in [9.17, 15) is 4.79 Å². The van der Waals surface area contributed by atoms with Gasteiger partial charge in [-0.05, 0) is 43.3 Å². The van der Waals surface area contributed by atoms with Gasteiger partial charge in [-0.3, -0.25) is 4.79 Å². The highest BCUT2D eigenvalue weighted by molar-refractivity contribution is 6.04. The smallest absolute Gasteiger partial charge is 0.257 e. The van der Waals surface area contributed by atoms with Crippen molar-refractivity contribution in [2.75, 3.05) is 48.4 Å². The van der Waals surface area contributed by atoms with Gasteiger partial charge in [-0.25, -0.2) is 4.98 Å². The van der Waals surface area contributed by atoms with Crippen molar-refractivity contribution < 1.29 is 14.1 Å². The third kappa shape index (κ3) is 4.31. The third-order valence-corrected chi connectivity index (χ3v) is 4.92. The number of aromatic nitrogens is 2. The maximum atomic E-state index is 12.5. The molecule has 1 aromatic carbocycles. The number of aryl methyl sites for hydroxylation is 1. The predicted molar refractivity (Wildman–Crippen MR) is 111 cm³/mol. The zero-order valence-corrected chi connectivity index (χ0v) is 16.5. The van der Waals surface area contributed by atoms with Gasteiger partial charge in [0.05, 0.1) is 7.11 Å². The zero-order valence-electron chi connectivity index (χ0n) is 16.5. The predicted octanol–water partition coefficient (Wildman–Crippen LogP) is 2.97. The normalized spacial score (nSPS) is 14.0. The molecule has 1 aliphatic rings. The molecule has 3 aromatic rings. The maximum absolute atomic E-state index is 12.5. The fraction of sp³-hybridized carbons (Fsp3) is 0.286. The average molecular weight is 393 g/mol. The Morgan fingerprint density at radius 2 is 1.79 bits per heavy atom. The van der Waals surface area contributed by atoms with E-state index in [1.165, 1.54) is 5.69 Å². The van der Waals surface area contributed by atoms with Crippen LogP contribution in [0, 0.1) is 6.92 Å². The molecule has 29 heavy (non-hydrogen) atoms. The van der Waals surface area contributed by atoms with Crippen LogP contribution in [0.2, 0.25) is 0 Å². The first-order chi connectivity index (χ1) is 14.1. The first-order valence-electron chi connectivity index (χ1n) is 9.47. The Kier molecular flexibility index (Phi) is 5.33. The number of carbonyl (C=O) groups is 1. The minimum Gasteiger partial charge on any atom is -0.497 e. The number of rotatable bonds is 5. The number of amides is 1. The molecule has 1 N–H and O–H groups in total. The van der Waals surface area contributed by atoms with Crippen molar-refractivity contribution in [1.82, 2.24) is 10.1 Å². The van der Waals surface area contributed by atoms with Crippen molar-refractivity contribution in [3.63, 3.8) is 0 Å². The van der Waals surface area contributed by atoms with Crippen LogP contribution in [-0.2, 0) is 0 Å². The summed E-state index contributed by atoms with van der Waals surface area (Å²) in [5.41, 5.74) is 1.71. The van der Waals surface area contributed by atoms with Crippen LogP contribution >= 0.6 is 0 Å². The van der Waals surface area contributed by atoms with Crippen molar-refractivity contribution in [2.45, 2.75) is 6.92 Å². The quantitative estimate of drug-likeness (QED) is 0.713. The molecule has 0 bridgehead atoms. The molecular formula is C21H23N5O3. The summed E-state index contributed by atoms with van der Waals surface area (Å²) in [4.78, 5) is 21.5. The van der Waals surface area contributed by atoms with Gasteiger partial charge in [-0.2, -0.15) is 0 Å². The molecule has 8 heteroatoms. The van der Waals surface area contributed by atoms with Gasteiger partial charge in [-0.15, -0.1) is 0 Å². The Morgan fingerprint density at radius 1 is 1.07 bits per heavy atom. The standard InChI is InChI=1S/C21H23N5O3/c1-15-13-19(24-29-15)23-21(27)16-7-8-22-20(14-16)26-11-9-25(10-12-26)17-3-5-18(28-2)6-4-17/h3-8,13-14H,9-12H2,1-2H3,(H,23,24,27). The minimum absolute atomic E-state index is 0.237. The van der Waals surface area contributed by atoms with Crippen molar-refractivity contribution in [3.05, 3.63) is 60.0 Å². The molecule has 3 heterocycles. The summed E-state index contributed by atoms with van der Waals surface area (Å²) >= 11 is 0. The topological polar surface area (TPSA) is 83.7 Å². The van der Waals surface area contributed by atoms with Crippen LogP contribution < -0.4 is 19.9 Å². The van der Waals surface area contributed by atoms with Gasteiger partial charge in [0.1, 0.15) is 17.3 Å². The molecular weight excluding hydrogens is 370 g/mol. The van der Waals surface area contributed by atoms with Gasteiger partial charge < -0.3 is 24.4 Å². The van der Waals surface area contributed by atoms with Crippen molar-refractivity contribution in [3.8, 4) is 5.75 Å². The molecule has 0 saturated carbocycles. The molecule has 0 spiro atoms. The van der Waals surface area contributed by atoms with Gasteiger partial charge in [0.15, 0.2) is 5.82 Å². The van der Waals surface area contributed by atoms with Crippen LogP contribution in [-0.4, -0.2) is 49.3 Å². The minimum atomic E-state index is -0.237. The second kappa shape index (κ2) is 8.22. The van der Waals surface area contributed by atoms with Crippen LogP contribution in [0.5, 0.6) is 5.75 Å². The van der Waals surface area contributed by atoms with Crippen LogP contribution in [0.4, 0.5) is 17.3 Å². The fourth-order valence-corrected chi connectivity index (χ4v) is 3.33. The lowest BCUT2D eigenvalue weighted by Gasteiger charge is -2.36. The number of carbonyl (C=O) groups excluding carboxylic acids is 1. The van der Waals surface area contributed by atoms with Crippen molar-refractivity contribution >= 4 is 23.2 Å². The molecule has 0 atom stereocenters. The Labute approximate surface area is 169 Å². The largest absolute Gasteiger partial charge is 0.497 e. The molecule has 1 saturated heterocycles. The molecule has 4 rings (SSSR count). The van der Waals surface area contributed by atoms with Crippen LogP contribution in [0.15, 0.2) is 53.2 Å². The maximum Gasteiger partial charge on any atom is 0.257 e. The number of ether oxygens (including phenoxy) is 1. The lowest BCUT2D eigenvalue weighted by atomic mass is 10.2. The molecule has 0 radical (unpaired) electrons. The van der Waals surface area contributed by atoms with E-state index in [1.54, 1.807) is 32.4 Å². The number of nitrogens with zero attached hydrogens (tertiary/aromatic N) is 4. The number of benzene rings is 1. The van der Waals surface area contributed by atoms with Crippen LogP contribution in [0.25, 0.3) is 0 Å². The number of nitrogens with one attached hydrogen (secondary N) is 1. The Hall–Kier alpha value is -3.55. The summed E-state index contributed by atoms with van der Waals surface area (Å²) in [5, 5.41) is 6.53. The van der Waals surface area contributed by atoms with Gasteiger partial charge in [-0.1, -0.05) is 5.16 Å². The molecule has 1 amide bonds. The fourth-order valence-electron chi connectivity index (χ4n) is 3.33. The second-order valence-corrected chi connectivity index (χ2v) is 6.85. The van der Waals surface area contributed by atoms with Gasteiger partial charge in [0.2, 0.25) is 0 Å². The molecule has 150 valence electrons. The lowest BCUT2D eigenvalue weighted by Crippen LogP contribution is -2.46. The number of methoxy groups -OCH3 is 1. The Morgan fingerprint density at radius 3 is 2.45 bits per heavy atom. The molecule has 2 aromatic heterocycles. The van der Waals surface area contributed by atoms with Gasteiger partial charge in [0, 0.05) is 49.7 Å². The molecule has 1 fully saturated rings. The number of pyridine rings is 1. The number of hydrogen-bond donors (Lipinski definition) is 1. The monoisotopic (exact) mass is 393 g/mol. The lowest BCUT2D eigenvalue weighted by molar-refractivity contribution is 0.102. The summed E-state index contributed by atoms with van der Waals surface area (Å²) in [6.07, 6.45) is 1.66. The van der Waals surface area contributed by atoms with E-state index in [0.29, 0.717) is 17.1 Å². The number of piperazine rings is 1. The summed E-state index contributed by atoms with van der Waals surface area (Å²) < 4.78 is 10.2. The highest BCUT2D eigenvalue weighted by Crippen LogP contribution is 2.22. The van der Waals surface area contributed by atoms with E-state index in [4.69, 9.17) is 9.26 Å². The zero-order chi connectivity index (χ0) is 20.2. The van der Waals surface area contributed by atoms with E-state index < -0.39 is 0 Å². The Bertz CT molecular complexity index is 978. The number of anilines is 3. The summed E-state index contributed by atoms with van der Waals surface area (Å²) in [6.45, 7) is 5.18. The van der Waals surface area contributed by atoms with E-state index in [0.717, 1.165) is 37.7 Å². The summed E-state index contributed by atoms with van der Waals surface area (Å²) in [5.74, 6) is 2.46. The Balaban J connectivity index is 1.39. The van der Waals surface area contributed by atoms with Crippen LogP contribution in [0.1, 0.15) is 16.1 Å². The second-order valence-electron chi connectivity index (χ2n) is 6.85.